The Balaban J connectivity index is 2.37. The van der Waals surface area contributed by atoms with Gasteiger partial charge in [0.05, 0.1) is 25.5 Å². The van der Waals surface area contributed by atoms with Crippen LogP contribution in [0.4, 0.5) is 0 Å². The molecular formula is C9H12N2O2. The monoisotopic (exact) mass is 180 g/mol. The number of hydrogen-bond acceptors (Lipinski definition) is 4. The van der Waals surface area contributed by atoms with E-state index in [1.54, 1.807) is 0 Å². The SMILES string of the molecule is Cc1nc(CCO)nc2c1COC2. The molecule has 0 radical (unpaired) electrons. The number of rotatable bonds is 2. The molecule has 0 fully saturated rings. The molecule has 13 heavy (non-hydrogen) atoms. The molecule has 1 N–H and O–H groups in total. The zero-order chi connectivity index (χ0) is 9.26. The van der Waals surface area contributed by atoms with Crippen molar-refractivity contribution in [3.8, 4) is 0 Å². The molecule has 0 atom stereocenters. The summed E-state index contributed by atoms with van der Waals surface area (Å²) in [6.45, 7) is 3.26. The number of fused-ring (bicyclic) bond motifs is 1. The molecule has 1 aromatic rings. The number of nitrogens with zero attached hydrogens (tertiary/aromatic N) is 2. The number of aliphatic hydroxyl groups is 1. The highest BCUT2D eigenvalue weighted by atomic mass is 16.5. The number of aryl methyl sites for hydroxylation is 1. The Morgan fingerprint density at radius 2 is 2.23 bits per heavy atom. The summed E-state index contributed by atoms with van der Waals surface area (Å²) in [4.78, 5) is 8.59. The van der Waals surface area contributed by atoms with E-state index in [1.165, 1.54) is 0 Å². The van der Waals surface area contributed by atoms with Gasteiger partial charge in [-0.25, -0.2) is 9.97 Å². The molecule has 0 spiro atoms. The Bertz CT molecular complexity index is 326. The zero-order valence-corrected chi connectivity index (χ0v) is 7.58. The Morgan fingerprint density at radius 1 is 1.38 bits per heavy atom. The lowest BCUT2D eigenvalue weighted by Gasteiger charge is -2.03. The summed E-state index contributed by atoms with van der Waals surface area (Å²) >= 11 is 0. The van der Waals surface area contributed by atoms with Crippen LogP contribution < -0.4 is 0 Å². The maximum Gasteiger partial charge on any atom is 0.131 e. The highest BCUT2D eigenvalue weighted by Crippen LogP contribution is 2.19. The third kappa shape index (κ3) is 1.55. The van der Waals surface area contributed by atoms with Crippen LogP contribution in [0.1, 0.15) is 22.8 Å². The standard InChI is InChI=1S/C9H12N2O2/c1-6-7-4-13-5-8(7)11-9(10-6)2-3-12/h12H,2-5H2,1H3. The van der Waals surface area contributed by atoms with E-state index in [-0.39, 0.29) is 6.61 Å². The predicted molar refractivity (Wildman–Crippen MR) is 46.1 cm³/mol. The molecule has 4 nitrogen and oxygen atoms in total. The lowest BCUT2D eigenvalue weighted by molar-refractivity contribution is 0.133. The molecule has 70 valence electrons. The molecule has 4 heteroatoms. The van der Waals surface area contributed by atoms with Crippen molar-refractivity contribution in [2.45, 2.75) is 26.6 Å². The third-order valence-electron chi connectivity index (χ3n) is 2.17. The first-order valence-electron chi connectivity index (χ1n) is 4.35. The van der Waals surface area contributed by atoms with Gasteiger partial charge in [-0.15, -0.1) is 0 Å². The molecule has 1 aromatic heterocycles. The topological polar surface area (TPSA) is 55.2 Å². The normalized spacial score (nSPS) is 14.6. The summed E-state index contributed by atoms with van der Waals surface area (Å²) in [6.07, 6.45) is 0.522. The van der Waals surface area contributed by atoms with E-state index in [4.69, 9.17) is 9.84 Å². The smallest absolute Gasteiger partial charge is 0.131 e. The first-order chi connectivity index (χ1) is 6.31. The molecule has 0 unspecified atom stereocenters. The number of aliphatic hydroxyl groups excluding tert-OH is 1. The summed E-state index contributed by atoms with van der Waals surface area (Å²) in [5.74, 6) is 0.712. The van der Waals surface area contributed by atoms with Crippen molar-refractivity contribution in [1.82, 2.24) is 9.97 Å². The molecule has 1 aliphatic rings. The molecule has 0 saturated heterocycles. The molecule has 2 rings (SSSR count). The number of aromatic nitrogens is 2. The number of hydrogen-bond donors (Lipinski definition) is 1. The van der Waals surface area contributed by atoms with Crippen LogP contribution in [0.5, 0.6) is 0 Å². The van der Waals surface area contributed by atoms with Gasteiger partial charge in [0, 0.05) is 17.7 Å². The minimum atomic E-state index is 0.0963. The summed E-state index contributed by atoms with van der Waals surface area (Å²) in [5, 5.41) is 8.75. The average molecular weight is 180 g/mol. The van der Waals surface area contributed by atoms with Crippen LogP contribution in [0.3, 0.4) is 0 Å². The molecule has 0 amide bonds. The van der Waals surface area contributed by atoms with Crippen LogP contribution in [0.25, 0.3) is 0 Å². The van der Waals surface area contributed by atoms with Crippen LogP contribution >= 0.6 is 0 Å². The lowest BCUT2D eigenvalue weighted by atomic mass is 10.2. The maximum atomic E-state index is 8.75. The zero-order valence-electron chi connectivity index (χ0n) is 7.58. The minimum absolute atomic E-state index is 0.0963. The van der Waals surface area contributed by atoms with E-state index in [0.717, 1.165) is 17.0 Å². The molecular weight excluding hydrogens is 168 g/mol. The van der Waals surface area contributed by atoms with Gasteiger partial charge < -0.3 is 9.84 Å². The van der Waals surface area contributed by atoms with E-state index >= 15 is 0 Å². The minimum Gasteiger partial charge on any atom is -0.396 e. The molecule has 2 heterocycles. The van der Waals surface area contributed by atoms with Gasteiger partial charge in [-0.2, -0.15) is 0 Å². The fourth-order valence-electron chi connectivity index (χ4n) is 1.49. The van der Waals surface area contributed by atoms with Crippen LogP contribution in [0, 0.1) is 6.92 Å². The molecule has 0 bridgehead atoms. The predicted octanol–water partition coefficient (Wildman–Crippen LogP) is 0.350. The fourth-order valence-corrected chi connectivity index (χ4v) is 1.49. The van der Waals surface area contributed by atoms with Gasteiger partial charge >= 0.3 is 0 Å². The van der Waals surface area contributed by atoms with Crippen molar-refractivity contribution < 1.29 is 9.84 Å². The molecule has 0 aromatic carbocycles. The van der Waals surface area contributed by atoms with E-state index in [9.17, 15) is 0 Å². The molecule has 0 aliphatic carbocycles. The van der Waals surface area contributed by atoms with E-state index in [2.05, 4.69) is 9.97 Å². The summed E-state index contributed by atoms with van der Waals surface area (Å²) in [6, 6.07) is 0. The van der Waals surface area contributed by atoms with Crippen LogP contribution in [0.15, 0.2) is 0 Å². The largest absolute Gasteiger partial charge is 0.396 e. The Hall–Kier alpha value is -1.00. The number of ether oxygens (including phenoxy) is 1. The van der Waals surface area contributed by atoms with Crippen molar-refractivity contribution >= 4 is 0 Å². The van der Waals surface area contributed by atoms with Crippen molar-refractivity contribution in [2.24, 2.45) is 0 Å². The average Bonchev–Trinajstić information content (AvgIpc) is 2.53. The fraction of sp³-hybridized carbons (Fsp3) is 0.556. The van der Waals surface area contributed by atoms with E-state index < -0.39 is 0 Å². The Kier molecular flexibility index (Phi) is 2.24. The summed E-state index contributed by atoms with van der Waals surface area (Å²) in [7, 11) is 0. The van der Waals surface area contributed by atoms with Crippen LogP contribution in [0.2, 0.25) is 0 Å². The highest BCUT2D eigenvalue weighted by Gasteiger charge is 2.16. The van der Waals surface area contributed by atoms with Gasteiger partial charge in [0.25, 0.3) is 0 Å². The summed E-state index contributed by atoms with van der Waals surface area (Å²) < 4.78 is 5.26. The van der Waals surface area contributed by atoms with Crippen LogP contribution in [-0.2, 0) is 24.4 Å². The van der Waals surface area contributed by atoms with Gasteiger partial charge in [0.1, 0.15) is 5.82 Å². The van der Waals surface area contributed by atoms with Crippen molar-refractivity contribution in [2.75, 3.05) is 6.61 Å². The van der Waals surface area contributed by atoms with Crippen LogP contribution in [-0.4, -0.2) is 21.7 Å². The first-order valence-corrected chi connectivity index (χ1v) is 4.35. The van der Waals surface area contributed by atoms with Gasteiger partial charge in [-0.1, -0.05) is 0 Å². The molecule has 1 aliphatic heterocycles. The van der Waals surface area contributed by atoms with Crippen molar-refractivity contribution in [3.05, 3.63) is 22.8 Å². The second-order valence-corrected chi connectivity index (χ2v) is 3.12. The summed E-state index contributed by atoms with van der Waals surface area (Å²) in [5.41, 5.74) is 3.07. The maximum absolute atomic E-state index is 8.75. The van der Waals surface area contributed by atoms with E-state index in [1.807, 2.05) is 6.92 Å². The second-order valence-electron chi connectivity index (χ2n) is 3.12. The van der Waals surface area contributed by atoms with E-state index in [0.29, 0.717) is 25.5 Å². The van der Waals surface area contributed by atoms with Gasteiger partial charge in [0.2, 0.25) is 0 Å². The lowest BCUT2D eigenvalue weighted by Crippen LogP contribution is -2.04. The first kappa shape index (κ1) is 8.59. The third-order valence-corrected chi connectivity index (χ3v) is 2.17. The quantitative estimate of drug-likeness (QED) is 0.713. The van der Waals surface area contributed by atoms with Gasteiger partial charge in [-0.3, -0.25) is 0 Å². The van der Waals surface area contributed by atoms with Crippen molar-refractivity contribution in [1.29, 1.82) is 0 Å². The molecule has 0 saturated carbocycles. The second kappa shape index (κ2) is 3.40. The Morgan fingerprint density at radius 3 is 3.00 bits per heavy atom. The highest BCUT2D eigenvalue weighted by molar-refractivity contribution is 5.26. The van der Waals surface area contributed by atoms with Gasteiger partial charge in [-0.05, 0) is 6.92 Å². The Labute approximate surface area is 76.6 Å². The van der Waals surface area contributed by atoms with Gasteiger partial charge in [0.15, 0.2) is 0 Å². The van der Waals surface area contributed by atoms with Crippen molar-refractivity contribution in [3.63, 3.8) is 0 Å².